The number of rotatable bonds is 2. The number of aromatic amines is 1. The van der Waals surface area contributed by atoms with Crippen LogP contribution in [0, 0.1) is 0 Å². The molecule has 0 bridgehead atoms. The second kappa shape index (κ2) is 5.91. The van der Waals surface area contributed by atoms with Gasteiger partial charge in [-0.3, -0.25) is 5.10 Å². The molecule has 7 heteroatoms. The van der Waals surface area contributed by atoms with Crippen molar-refractivity contribution in [3.8, 4) is 22.4 Å². The molecule has 0 unspecified atom stereocenters. The zero-order chi connectivity index (χ0) is 16.6. The number of nitrogens with one attached hydrogen (secondary N) is 1. The molecule has 0 saturated heterocycles. The molecule has 0 fully saturated rings. The van der Waals surface area contributed by atoms with Crippen molar-refractivity contribution in [2.24, 2.45) is 0 Å². The van der Waals surface area contributed by atoms with E-state index in [0.29, 0.717) is 16.8 Å². The van der Waals surface area contributed by atoms with Crippen LogP contribution >= 0.6 is 23.2 Å². The Kier molecular flexibility index (Phi) is 4.08. The molecule has 1 heterocycles. The van der Waals surface area contributed by atoms with E-state index in [2.05, 4.69) is 10.2 Å². The molecule has 0 radical (unpaired) electrons. The Hall–Kier alpha value is -1.98. The minimum absolute atomic E-state index is 0.0802. The lowest BCUT2D eigenvalue weighted by Crippen LogP contribution is -2.05. The Morgan fingerprint density at radius 2 is 1.57 bits per heavy atom. The highest BCUT2D eigenvalue weighted by molar-refractivity contribution is 6.39. The molecule has 2 nitrogen and oxygen atoms in total. The normalized spacial score (nSPS) is 11.7. The molecule has 0 amide bonds. The van der Waals surface area contributed by atoms with Crippen molar-refractivity contribution in [2.75, 3.05) is 0 Å². The van der Waals surface area contributed by atoms with Crippen LogP contribution in [0.15, 0.2) is 48.7 Å². The summed E-state index contributed by atoms with van der Waals surface area (Å²) in [6.45, 7) is 0. The molecule has 0 aliphatic heterocycles. The number of aromatic nitrogens is 2. The Labute approximate surface area is 139 Å². The Balaban J connectivity index is 2.17. The Bertz CT molecular complexity index is 819. The molecule has 0 atom stereocenters. The van der Waals surface area contributed by atoms with Gasteiger partial charge in [-0.05, 0) is 12.1 Å². The summed E-state index contributed by atoms with van der Waals surface area (Å²) >= 11 is 12.1. The lowest BCUT2D eigenvalue weighted by Gasteiger charge is -2.12. The van der Waals surface area contributed by atoms with Crippen LogP contribution in [0.5, 0.6) is 0 Å². The van der Waals surface area contributed by atoms with Crippen molar-refractivity contribution in [2.45, 2.75) is 6.18 Å². The van der Waals surface area contributed by atoms with E-state index in [9.17, 15) is 13.2 Å². The maximum Gasteiger partial charge on any atom is 0.416 e. The summed E-state index contributed by atoms with van der Waals surface area (Å²) in [5, 5.41) is 6.63. The van der Waals surface area contributed by atoms with Gasteiger partial charge in [0.15, 0.2) is 0 Å². The second-order valence-electron chi connectivity index (χ2n) is 4.84. The van der Waals surface area contributed by atoms with Crippen molar-refractivity contribution >= 4 is 23.2 Å². The summed E-state index contributed by atoms with van der Waals surface area (Å²) in [5.41, 5.74) is 1.43. The molecule has 2 aromatic carbocycles. The van der Waals surface area contributed by atoms with E-state index in [-0.39, 0.29) is 10.0 Å². The predicted molar refractivity (Wildman–Crippen MR) is 84.5 cm³/mol. The van der Waals surface area contributed by atoms with Crippen LogP contribution in [0.3, 0.4) is 0 Å². The number of halogens is 5. The van der Waals surface area contributed by atoms with E-state index in [1.54, 1.807) is 0 Å². The van der Waals surface area contributed by atoms with Crippen LogP contribution in [0.1, 0.15) is 5.56 Å². The van der Waals surface area contributed by atoms with E-state index in [1.807, 2.05) is 30.3 Å². The van der Waals surface area contributed by atoms with Gasteiger partial charge in [-0.15, -0.1) is 0 Å². The van der Waals surface area contributed by atoms with Crippen LogP contribution in [-0.2, 0) is 6.18 Å². The van der Waals surface area contributed by atoms with Gasteiger partial charge >= 0.3 is 6.18 Å². The highest BCUT2D eigenvalue weighted by Crippen LogP contribution is 2.42. The van der Waals surface area contributed by atoms with Gasteiger partial charge in [0.25, 0.3) is 0 Å². The van der Waals surface area contributed by atoms with Gasteiger partial charge in [0.1, 0.15) is 0 Å². The van der Waals surface area contributed by atoms with E-state index in [1.165, 1.54) is 6.20 Å². The standard InChI is InChI=1S/C16H9Cl2F3N2/c17-12-6-10(16(19,20)21)7-13(18)14(12)11-8-22-23-15(11)9-4-2-1-3-5-9/h1-8H,(H,22,23). The van der Waals surface area contributed by atoms with E-state index >= 15 is 0 Å². The van der Waals surface area contributed by atoms with Crippen molar-refractivity contribution in [3.05, 3.63) is 64.3 Å². The predicted octanol–water partition coefficient (Wildman–Crippen LogP) is 6.07. The molecule has 0 saturated carbocycles. The van der Waals surface area contributed by atoms with Crippen molar-refractivity contribution in [3.63, 3.8) is 0 Å². The minimum Gasteiger partial charge on any atom is -0.277 e. The van der Waals surface area contributed by atoms with Gasteiger partial charge in [0.2, 0.25) is 0 Å². The van der Waals surface area contributed by atoms with Crippen LogP contribution in [0.4, 0.5) is 13.2 Å². The van der Waals surface area contributed by atoms with E-state index in [0.717, 1.165) is 17.7 Å². The second-order valence-corrected chi connectivity index (χ2v) is 5.65. The SMILES string of the molecule is FC(F)(F)c1cc(Cl)c(-c2cn[nH]c2-c2ccccc2)c(Cl)c1. The number of alkyl halides is 3. The highest BCUT2D eigenvalue weighted by Gasteiger charge is 2.32. The molecule has 1 aromatic heterocycles. The third-order valence-electron chi connectivity index (χ3n) is 3.34. The number of H-pyrrole nitrogens is 1. The van der Waals surface area contributed by atoms with Gasteiger partial charge in [0.05, 0.1) is 27.5 Å². The average molecular weight is 357 g/mol. The van der Waals surface area contributed by atoms with Gasteiger partial charge in [0, 0.05) is 16.7 Å². The average Bonchev–Trinajstić information content (AvgIpc) is 2.95. The molecule has 3 aromatic rings. The van der Waals surface area contributed by atoms with Crippen molar-refractivity contribution in [1.82, 2.24) is 10.2 Å². The van der Waals surface area contributed by atoms with Crippen LogP contribution in [-0.4, -0.2) is 10.2 Å². The molecule has 118 valence electrons. The monoisotopic (exact) mass is 356 g/mol. The lowest BCUT2D eigenvalue weighted by atomic mass is 10.0. The smallest absolute Gasteiger partial charge is 0.277 e. The zero-order valence-electron chi connectivity index (χ0n) is 11.5. The number of hydrogen-bond acceptors (Lipinski definition) is 1. The molecule has 0 aliphatic carbocycles. The number of hydrogen-bond donors (Lipinski definition) is 1. The van der Waals surface area contributed by atoms with E-state index in [4.69, 9.17) is 23.2 Å². The highest BCUT2D eigenvalue weighted by atomic mass is 35.5. The van der Waals surface area contributed by atoms with Crippen molar-refractivity contribution < 1.29 is 13.2 Å². The van der Waals surface area contributed by atoms with Gasteiger partial charge < -0.3 is 0 Å². The van der Waals surface area contributed by atoms with Gasteiger partial charge in [-0.25, -0.2) is 0 Å². The lowest BCUT2D eigenvalue weighted by molar-refractivity contribution is -0.137. The summed E-state index contributed by atoms with van der Waals surface area (Å²) in [4.78, 5) is 0. The zero-order valence-corrected chi connectivity index (χ0v) is 13.0. The molecule has 0 aliphatic rings. The largest absolute Gasteiger partial charge is 0.416 e. The fourth-order valence-electron chi connectivity index (χ4n) is 2.29. The Morgan fingerprint density at radius 3 is 2.13 bits per heavy atom. The quantitative estimate of drug-likeness (QED) is 0.593. The number of benzene rings is 2. The molecule has 23 heavy (non-hydrogen) atoms. The van der Waals surface area contributed by atoms with Crippen molar-refractivity contribution in [1.29, 1.82) is 0 Å². The topological polar surface area (TPSA) is 28.7 Å². The van der Waals surface area contributed by atoms with Gasteiger partial charge in [-0.2, -0.15) is 18.3 Å². The Morgan fingerprint density at radius 1 is 0.957 bits per heavy atom. The third-order valence-corrected chi connectivity index (χ3v) is 3.94. The molecule has 3 rings (SSSR count). The summed E-state index contributed by atoms with van der Waals surface area (Å²) in [6.07, 6.45) is -3.02. The fraction of sp³-hybridized carbons (Fsp3) is 0.0625. The number of nitrogens with zero attached hydrogens (tertiary/aromatic N) is 1. The maximum atomic E-state index is 12.8. The van der Waals surface area contributed by atoms with E-state index < -0.39 is 11.7 Å². The minimum atomic E-state index is -4.51. The first-order valence-corrected chi connectivity index (χ1v) is 7.29. The summed E-state index contributed by atoms with van der Waals surface area (Å²) in [5.74, 6) is 0. The fourth-order valence-corrected chi connectivity index (χ4v) is 2.99. The van der Waals surface area contributed by atoms with Crippen LogP contribution < -0.4 is 0 Å². The summed E-state index contributed by atoms with van der Waals surface area (Å²) < 4.78 is 38.5. The maximum absolute atomic E-state index is 12.8. The van der Waals surface area contributed by atoms with Crippen LogP contribution in [0.25, 0.3) is 22.4 Å². The third kappa shape index (κ3) is 3.07. The molecular weight excluding hydrogens is 348 g/mol. The first-order chi connectivity index (χ1) is 10.9. The van der Waals surface area contributed by atoms with Gasteiger partial charge in [-0.1, -0.05) is 53.5 Å². The molecule has 0 spiro atoms. The first kappa shape index (κ1) is 15.9. The summed E-state index contributed by atoms with van der Waals surface area (Å²) in [6, 6.07) is 11.0. The first-order valence-electron chi connectivity index (χ1n) is 6.53. The van der Waals surface area contributed by atoms with Crippen LogP contribution in [0.2, 0.25) is 10.0 Å². The molecule has 1 N–H and O–H groups in total. The summed E-state index contributed by atoms with van der Waals surface area (Å²) in [7, 11) is 0. The molecular formula is C16H9Cl2F3N2.